The van der Waals surface area contributed by atoms with E-state index in [1.165, 1.54) is 36.0 Å². The van der Waals surface area contributed by atoms with Crippen molar-refractivity contribution in [2.75, 3.05) is 13.1 Å². The first-order valence-electron chi connectivity index (χ1n) is 6.76. The van der Waals surface area contributed by atoms with Crippen molar-refractivity contribution in [2.45, 2.75) is 39.2 Å². The molecule has 3 nitrogen and oxygen atoms in total. The maximum Gasteiger partial charge on any atom is 0.216 e. The van der Waals surface area contributed by atoms with Crippen LogP contribution in [-0.2, 0) is 17.6 Å². The van der Waals surface area contributed by atoms with Gasteiger partial charge in [-0.05, 0) is 42.9 Å². The Kier molecular flexibility index (Phi) is 4.37. The number of aryl methyl sites for hydroxylation is 2. The third-order valence-corrected chi connectivity index (χ3v) is 3.57. The van der Waals surface area contributed by atoms with Crippen molar-refractivity contribution in [3.8, 4) is 0 Å². The Balaban J connectivity index is 1.85. The molecule has 1 aromatic rings. The lowest BCUT2D eigenvalue weighted by Gasteiger charge is -2.15. The summed E-state index contributed by atoms with van der Waals surface area (Å²) in [4.78, 5) is 10.7. The number of hydrogen-bond acceptors (Lipinski definition) is 2. The number of rotatable bonds is 5. The normalized spacial score (nSPS) is 15.2. The highest BCUT2D eigenvalue weighted by Gasteiger charge is 2.12. The summed E-state index contributed by atoms with van der Waals surface area (Å²) < 4.78 is 0. The molecule has 1 amide bonds. The van der Waals surface area contributed by atoms with Crippen LogP contribution >= 0.6 is 0 Å². The number of fused-ring (bicyclic) bond motifs is 1. The van der Waals surface area contributed by atoms with Gasteiger partial charge in [0.15, 0.2) is 0 Å². The van der Waals surface area contributed by atoms with Crippen molar-refractivity contribution in [2.24, 2.45) is 0 Å². The van der Waals surface area contributed by atoms with Crippen molar-refractivity contribution in [3.05, 3.63) is 34.9 Å². The van der Waals surface area contributed by atoms with E-state index in [9.17, 15) is 4.79 Å². The Bertz CT molecular complexity index is 429. The summed E-state index contributed by atoms with van der Waals surface area (Å²) in [6.07, 6.45) is 3.75. The van der Waals surface area contributed by atoms with E-state index in [1.807, 2.05) is 0 Å². The molecular formula is C15H22N2O. The van der Waals surface area contributed by atoms with Crippen molar-refractivity contribution >= 4 is 5.91 Å². The monoisotopic (exact) mass is 246 g/mol. The van der Waals surface area contributed by atoms with E-state index in [0.29, 0.717) is 12.6 Å². The molecule has 1 unspecified atom stereocenters. The van der Waals surface area contributed by atoms with Crippen LogP contribution in [0, 0.1) is 0 Å². The summed E-state index contributed by atoms with van der Waals surface area (Å²) in [5.41, 5.74) is 4.38. The van der Waals surface area contributed by atoms with Gasteiger partial charge in [0, 0.05) is 26.1 Å². The third kappa shape index (κ3) is 3.33. The Labute approximate surface area is 109 Å². The van der Waals surface area contributed by atoms with Gasteiger partial charge >= 0.3 is 0 Å². The molecule has 0 bridgehead atoms. The van der Waals surface area contributed by atoms with Crippen molar-refractivity contribution in [1.82, 2.24) is 10.6 Å². The summed E-state index contributed by atoms with van der Waals surface area (Å²) in [5.74, 6) is 0.0296. The Morgan fingerprint density at radius 3 is 2.83 bits per heavy atom. The lowest BCUT2D eigenvalue weighted by atomic mass is 10.0. The van der Waals surface area contributed by atoms with Gasteiger partial charge in [-0.15, -0.1) is 0 Å². The number of carbonyl (C=O) groups is 1. The quantitative estimate of drug-likeness (QED) is 0.780. The van der Waals surface area contributed by atoms with Crippen LogP contribution in [0.3, 0.4) is 0 Å². The van der Waals surface area contributed by atoms with Gasteiger partial charge in [-0.2, -0.15) is 0 Å². The summed E-state index contributed by atoms with van der Waals surface area (Å²) in [6.45, 7) is 5.21. The fourth-order valence-corrected chi connectivity index (χ4v) is 2.51. The molecule has 1 atom stereocenters. The second-order valence-electron chi connectivity index (χ2n) is 5.04. The first-order chi connectivity index (χ1) is 8.66. The fraction of sp³-hybridized carbons (Fsp3) is 0.533. The molecule has 1 aliphatic rings. The number of amides is 1. The maximum absolute atomic E-state index is 10.7. The van der Waals surface area contributed by atoms with Crippen LogP contribution in [0.2, 0.25) is 0 Å². The smallest absolute Gasteiger partial charge is 0.216 e. The molecule has 18 heavy (non-hydrogen) atoms. The molecule has 0 spiro atoms. The highest BCUT2D eigenvalue weighted by molar-refractivity contribution is 5.72. The molecule has 0 saturated carbocycles. The third-order valence-electron chi connectivity index (χ3n) is 3.57. The first-order valence-corrected chi connectivity index (χ1v) is 6.76. The van der Waals surface area contributed by atoms with E-state index in [4.69, 9.17) is 0 Å². The van der Waals surface area contributed by atoms with Crippen LogP contribution in [0.25, 0.3) is 0 Å². The number of hydrogen-bond donors (Lipinski definition) is 2. The van der Waals surface area contributed by atoms with Crippen LogP contribution in [-0.4, -0.2) is 19.0 Å². The average Bonchev–Trinajstić information content (AvgIpc) is 2.81. The minimum absolute atomic E-state index is 0.0296. The molecule has 0 heterocycles. The summed E-state index contributed by atoms with van der Waals surface area (Å²) >= 11 is 0. The summed E-state index contributed by atoms with van der Waals surface area (Å²) in [5, 5.41) is 6.22. The minimum atomic E-state index is 0.0296. The second-order valence-corrected chi connectivity index (χ2v) is 5.04. The van der Waals surface area contributed by atoms with Gasteiger partial charge in [-0.3, -0.25) is 4.79 Å². The molecule has 0 saturated heterocycles. The van der Waals surface area contributed by atoms with E-state index < -0.39 is 0 Å². The van der Waals surface area contributed by atoms with Crippen molar-refractivity contribution in [3.63, 3.8) is 0 Å². The van der Waals surface area contributed by atoms with Gasteiger partial charge in [-0.25, -0.2) is 0 Å². The predicted octanol–water partition coefficient (Wildman–Crippen LogP) is 1.96. The first kappa shape index (κ1) is 13.1. The molecule has 3 heteroatoms. The zero-order valence-electron chi connectivity index (χ0n) is 11.3. The molecule has 1 aliphatic carbocycles. The largest absolute Gasteiger partial charge is 0.355 e. The molecule has 0 radical (unpaired) electrons. The van der Waals surface area contributed by atoms with Crippen LogP contribution in [0.15, 0.2) is 18.2 Å². The second kappa shape index (κ2) is 6.01. The maximum atomic E-state index is 10.7. The lowest BCUT2D eigenvalue weighted by Crippen LogP contribution is -2.31. The molecule has 0 fully saturated rings. The highest BCUT2D eigenvalue weighted by Crippen LogP contribution is 2.25. The van der Waals surface area contributed by atoms with Gasteiger partial charge in [0.25, 0.3) is 0 Å². The molecule has 2 rings (SSSR count). The van der Waals surface area contributed by atoms with Gasteiger partial charge in [-0.1, -0.05) is 18.2 Å². The average molecular weight is 246 g/mol. The SMILES string of the molecule is CC(=O)NCCNC(C)c1ccc2c(c1)CCC2. The topological polar surface area (TPSA) is 41.1 Å². The predicted molar refractivity (Wildman–Crippen MR) is 73.6 cm³/mol. The van der Waals surface area contributed by atoms with Gasteiger partial charge in [0.1, 0.15) is 0 Å². The van der Waals surface area contributed by atoms with Crippen molar-refractivity contribution < 1.29 is 4.79 Å². The number of benzene rings is 1. The number of nitrogens with one attached hydrogen (secondary N) is 2. The Morgan fingerprint density at radius 1 is 1.28 bits per heavy atom. The van der Waals surface area contributed by atoms with Crippen LogP contribution < -0.4 is 10.6 Å². The van der Waals surface area contributed by atoms with Crippen LogP contribution in [0.1, 0.15) is 43.0 Å². The molecular weight excluding hydrogens is 224 g/mol. The van der Waals surface area contributed by atoms with E-state index in [-0.39, 0.29) is 5.91 Å². The molecule has 0 aromatic heterocycles. The van der Waals surface area contributed by atoms with Gasteiger partial charge in [0.2, 0.25) is 5.91 Å². The highest BCUT2D eigenvalue weighted by atomic mass is 16.1. The number of carbonyl (C=O) groups excluding carboxylic acids is 1. The molecule has 2 N–H and O–H groups in total. The fourth-order valence-electron chi connectivity index (χ4n) is 2.51. The molecule has 98 valence electrons. The zero-order valence-corrected chi connectivity index (χ0v) is 11.3. The van der Waals surface area contributed by atoms with E-state index in [0.717, 1.165) is 6.54 Å². The molecule has 1 aromatic carbocycles. The summed E-state index contributed by atoms with van der Waals surface area (Å²) in [7, 11) is 0. The lowest BCUT2D eigenvalue weighted by molar-refractivity contribution is -0.118. The molecule has 0 aliphatic heterocycles. The van der Waals surface area contributed by atoms with Crippen LogP contribution in [0.4, 0.5) is 0 Å². The van der Waals surface area contributed by atoms with Gasteiger partial charge < -0.3 is 10.6 Å². The van der Waals surface area contributed by atoms with E-state index >= 15 is 0 Å². The van der Waals surface area contributed by atoms with E-state index in [2.05, 4.69) is 35.8 Å². The van der Waals surface area contributed by atoms with Crippen LogP contribution in [0.5, 0.6) is 0 Å². The van der Waals surface area contributed by atoms with Crippen molar-refractivity contribution in [1.29, 1.82) is 0 Å². The van der Waals surface area contributed by atoms with Gasteiger partial charge in [0.05, 0.1) is 0 Å². The minimum Gasteiger partial charge on any atom is -0.355 e. The Hall–Kier alpha value is -1.35. The summed E-state index contributed by atoms with van der Waals surface area (Å²) in [6, 6.07) is 7.16. The zero-order chi connectivity index (χ0) is 13.0. The van der Waals surface area contributed by atoms with E-state index in [1.54, 1.807) is 6.92 Å². The Morgan fingerprint density at radius 2 is 2.06 bits per heavy atom. The standard InChI is InChI=1S/C15H22N2O/c1-11(16-8-9-17-12(2)18)14-7-6-13-4-3-5-15(13)10-14/h6-7,10-11,16H,3-5,8-9H2,1-2H3,(H,17,18).